The van der Waals surface area contributed by atoms with Crippen LogP contribution in [-0.2, 0) is 5.75 Å². The van der Waals surface area contributed by atoms with Gasteiger partial charge in [0.15, 0.2) is 17.3 Å². The molecule has 44 heavy (non-hydrogen) atoms. The second kappa shape index (κ2) is 19.8. The largest absolute Gasteiger partial charge is 0.370 e. The summed E-state index contributed by atoms with van der Waals surface area (Å²) in [6.07, 6.45) is 10.3. The van der Waals surface area contributed by atoms with Crippen LogP contribution in [-0.4, -0.2) is 70.7 Å². The number of thioether (sulfide) groups is 1. The minimum atomic E-state index is -0.124. The van der Waals surface area contributed by atoms with Crippen LogP contribution < -0.4 is 16.4 Å². The van der Waals surface area contributed by atoms with E-state index in [0.29, 0.717) is 11.7 Å². The SMILES string of the molecule is CN(CCCCCCCN(CCSCc1csc(NC(=N)N)n1)C(=N)NC#N)CCC(c1ccc(Cl)cc1)c1ccccn1. The van der Waals surface area contributed by atoms with Gasteiger partial charge in [-0.05, 0) is 69.2 Å². The van der Waals surface area contributed by atoms with Gasteiger partial charge in [0.2, 0.25) is 5.96 Å². The van der Waals surface area contributed by atoms with E-state index in [4.69, 9.17) is 33.4 Å². The fraction of sp³-hybridized carbons (Fsp3) is 0.452. The first kappa shape index (κ1) is 35.1. The third-order valence-electron chi connectivity index (χ3n) is 7.12. The number of nitriles is 1. The predicted molar refractivity (Wildman–Crippen MR) is 185 cm³/mol. The van der Waals surface area contributed by atoms with E-state index in [1.165, 1.54) is 23.3 Å². The van der Waals surface area contributed by atoms with Crippen molar-refractivity contribution in [2.45, 2.75) is 50.2 Å². The topological polar surface area (TPSA) is 154 Å². The summed E-state index contributed by atoms with van der Waals surface area (Å²) in [5.74, 6) is 1.82. The van der Waals surface area contributed by atoms with Crippen molar-refractivity contribution < 1.29 is 0 Å². The van der Waals surface area contributed by atoms with Crippen molar-refractivity contribution in [1.29, 1.82) is 16.1 Å². The highest BCUT2D eigenvalue weighted by molar-refractivity contribution is 7.98. The third-order valence-corrected chi connectivity index (χ3v) is 9.15. The highest BCUT2D eigenvalue weighted by Crippen LogP contribution is 2.28. The van der Waals surface area contributed by atoms with Crippen molar-refractivity contribution in [1.82, 2.24) is 25.1 Å². The summed E-state index contributed by atoms with van der Waals surface area (Å²) in [4.78, 5) is 13.4. The maximum atomic E-state index is 9.00. The van der Waals surface area contributed by atoms with Crippen molar-refractivity contribution in [3.05, 3.63) is 76.0 Å². The molecule has 1 aromatic carbocycles. The zero-order valence-corrected chi connectivity index (χ0v) is 27.7. The first-order valence-corrected chi connectivity index (χ1v) is 17.2. The summed E-state index contributed by atoms with van der Waals surface area (Å²) in [5.41, 5.74) is 8.62. The third kappa shape index (κ3) is 13.1. The number of rotatable bonds is 19. The Morgan fingerprint density at radius 1 is 1.07 bits per heavy atom. The lowest BCUT2D eigenvalue weighted by atomic mass is 9.92. The quantitative estimate of drug-likeness (QED) is 0.0337. The number of hydrogen-bond donors (Lipinski definition) is 5. The second-order valence-electron chi connectivity index (χ2n) is 10.5. The van der Waals surface area contributed by atoms with Gasteiger partial charge in [-0.1, -0.05) is 49.1 Å². The monoisotopic (exact) mass is 654 g/mol. The Balaban J connectivity index is 1.31. The van der Waals surface area contributed by atoms with Crippen molar-refractivity contribution in [2.75, 3.05) is 44.3 Å². The molecule has 3 aromatic rings. The number of guanidine groups is 2. The molecule has 0 aliphatic heterocycles. The van der Waals surface area contributed by atoms with Crippen LogP contribution in [0.1, 0.15) is 61.4 Å². The number of thiazole rings is 1. The number of nitrogens with two attached hydrogens (primary N) is 1. The molecule has 0 aliphatic carbocycles. The van der Waals surface area contributed by atoms with Gasteiger partial charge in [-0.15, -0.1) is 11.3 Å². The predicted octanol–water partition coefficient (Wildman–Crippen LogP) is 6.14. The summed E-state index contributed by atoms with van der Waals surface area (Å²) in [5, 5.41) is 33.0. The van der Waals surface area contributed by atoms with Crippen LogP contribution in [0.15, 0.2) is 54.0 Å². The van der Waals surface area contributed by atoms with Crippen LogP contribution in [0, 0.1) is 22.3 Å². The Morgan fingerprint density at radius 3 is 2.52 bits per heavy atom. The fourth-order valence-corrected chi connectivity index (χ4v) is 6.61. The van der Waals surface area contributed by atoms with Crippen LogP contribution in [0.2, 0.25) is 5.02 Å². The number of pyridine rings is 1. The number of nitrogens with one attached hydrogen (secondary N) is 4. The van der Waals surface area contributed by atoms with E-state index in [0.717, 1.165) is 79.7 Å². The normalized spacial score (nSPS) is 11.6. The maximum Gasteiger partial charge on any atom is 0.204 e. The first-order chi connectivity index (χ1) is 21.4. The molecule has 0 aliphatic rings. The molecule has 2 aromatic heterocycles. The molecule has 3 rings (SSSR count). The lowest BCUT2D eigenvalue weighted by Crippen LogP contribution is -2.40. The van der Waals surface area contributed by atoms with Crippen LogP contribution in [0.5, 0.6) is 0 Å². The lowest BCUT2D eigenvalue weighted by molar-refractivity contribution is 0.312. The number of unbranched alkanes of at least 4 members (excludes halogenated alkanes) is 4. The molecule has 1 atom stereocenters. The zero-order valence-electron chi connectivity index (χ0n) is 25.3. The molecule has 0 amide bonds. The number of anilines is 1. The minimum Gasteiger partial charge on any atom is -0.370 e. The number of hydrogen-bond acceptors (Lipinski definition) is 8. The maximum absolute atomic E-state index is 9.00. The van der Waals surface area contributed by atoms with Crippen LogP contribution in [0.25, 0.3) is 0 Å². The Kier molecular flexibility index (Phi) is 15.8. The van der Waals surface area contributed by atoms with Gasteiger partial charge in [0, 0.05) is 52.8 Å². The Hall–Kier alpha value is -3.37. The highest BCUT2D eigenvalue weighted by Gasteiger charge is 2.16. The average Bonchev–Trinajstić information content (AvgIpc) is 3.45. The molecule has 0 saturated carbocycles. The summed E-state index contributed by atoms with van der Waals surface area (Å²) >= 11 is 9.28. The standard InChI is InChI=1S/C31H43ClN10S2/c1-41(18-14-27(28-9-5-6-15-37-28)24-10-12-25(32)13-11-24)16-7-3-2-4-8-17-42(30(36)38-23-33)19-20-43-21-26-22-44-31(39-26)40-29(34)35/h5-6,9-13,15,22,27H,2-4,7-8,14,16-21H2,1H3,(H2,36,38)(H4,34,35,39,40). The Morgan fingerprint density at radius 2 is 1.82 bits per heavy atom. The number of halogens is 1. The smallest absolute Gasteiger partial charge is 0.204 e. The average molecular weight is 655 g/mol. The van der Waals surface area contributed by atoms with Crippen molar-refractivity contribution in [3.63, 3.8) is 0 Å². The van der Waals surface area contributed by atoms with Gasteiger partial charge in [0.1, 0.15) is 0 Å². The van der Waals surface area contributed by atoms with Crippen molar-refractivity contribution in [3.8, 4) is 6.19 Å². The molecular weight excluding hydrogens is 612 g/mol. The van der Waals surface area contributed by atoms with Gasteiger partial charge in [-0.2, -0.15) is 17.0 Å². The minimum absolute atomic E-state index is 0.124. The number of benzene rings is 1. The molecule has 1 unspecified atom stereocenters. The molecular formula is C31H43ClN10S2. The van der Waals surface area contributed by atoms with Gasteiger partial charge < -0.3 is 20.9 Å². The summed E-state index contributed by atoms with van der Waals surface area (Å²) in [6.45, 7) is 3.48. The Bertz CT molecular complexity index is 1310. The molecule has 0 spiro atoms. The first-order valence-electron chi connectivity index (χ1n) is 14.8. The van der Waals surface area contributed by atoms with Gasteiger partial charge >= 0.3 is 0 Å². The molecule has 236 valence electrons. The van der Waals surface area contributed by atoms with Crippen molar-refractivity contribution >= 4 is 51.8 Å². The van der Waals surface area contributed by atoms with Gasteiger partial charge in [0.25, 0.3) is 0 Å². The van der Waals surface area contributed by atoms with E-state index in [9.17, 15) is 0 Å². The Labute approximate surface area is 274 Å². The van der Waals surface area contributed by atoms with Crippen molar-refractivity contribution in [2.24, 2.45) is 5.73 Å². The second-order valence-corrected chi connectivity index (χ2v) is 12.9. The van der Waals surface area contributed by atoms with E-state index >= 15 is 0 Å². The van der Waals surface area contributed by atoms with E-state index in [1.54, 1.807) is 11.8 Å². The molecule has 10 nitrogen and oxygen atoms in total. The van der Waals surface area contributed by atoms with E-state index in [-0.39, 0.29) is 17.8 Å². The van der Waals surface area contributed by atoms with Gasteiger partial charge in [-0.25, -0.2) is 4.98 Å². The van der Waals surface area contributed by atoms with Crippen LogP contribution >= 0.6 is 34.7 Å². The molecule has 0 saturated heterocycles. The molecule has 0 radical (unpaired) electrons. The highest BCUT2D eigenvalue weighted by atomic mass is 35.5. The summed E-state index contributed by atoms with van der Waals surface area (Å²) < 4.78 is 0. The number of nitrogens with zero attached hydrogens (tertiary/aromatic N) is 5. The molecule has 0 fully saturated rings. The molecule has 0 bridgehead atoms. The fourth-order valence-electron chi connectivity index (χ4n) is 4.80. The van der Waals surface area contributed by atoms with Gasteiger partial charge in [-0.3, -0.25) is 21.1 Å². The zero-order chi connectivity index (χ0) is 31.6. The lowest BCUT2D eigenvalue weighted by Gasteiger charge is -2.23. The van der Waals surface area contributed by atoms with Crippen LogP contribution in [0.4, 0.5) is 5.13 Å². The summed E-state index contributed by atoms with van der Waals surface area (Å²) in [7, 11) is 2.19. The number of aromatic nitrogens is 2. The van der Waals surface area contributed by atoms with E-state index < -0.39 is 0 Å². The molecule has 2 heterocycles. The van der Waals surface area contributed by atoms with E-state index in [2.05, 4.69) is 50.7 Å². The van der Waals surface area contributed by atoms with Crippen LogP contribution in [0.3, 0.4) is 0 Å². The van der Waals surface area contributed by atoms with Gasteiger partial charge in [0.05, 0.1) is 5.69 Å². The molecule has 6 N–H and O–H groups in total. The summed E-state index contributed by atoms with van der Waals surface area (Å²) in [6, 6.07) is 14.2. The van der Waals surface area contributed by atoms with E-state index in [1.807, 2.05) is 46.9 Å². The molecule has 13 heteroatoms.